The first-order chi connectivity index (χ1) is 10.3. The Morgan fingerprint density at radius 2 is 1.73 bits per heavy atom. The van der Waals surface area contributed by atoms with Crippen molar-refractivity contribution in [2.24, 2.45) is 0 Å². The van der Waals surface area contributed by atoms with Gasteiger partial charge in [0.2, 0.25) is 6.29 Å². The van der Waals surface area contributed by atoms with E-state index in [2.05, 4.69) is 4.52 Å². The van der Waals surface area contributed by atoms with Crippen LogP contribution in [0.4, 0.5) is 0 Å². The van der Waals surface area contributed by atoms with Crippen LogP contribution in [-0.4, -0.2) is 58.3 Å². The molecule has 9 nitrogen and oxygen atoms in total. The number of aliphatic hydroxyl groups excluding tert-OH is 2. The second-order valence-electron chi connectivity index (χ2n) is 4.60. The molecule has 124 valence electrons. The number of rotatable bonds is 6. The predicted molar refractivity (Wildman–Crippen MR) is 72.3 cm³/mol. The molecule has 1 heterocycles. The van der Waals surface area contributed by atoms with E-state index in [0.29, 0.717) is 11.5 Å². The maximum atomic E-state index is 10.6. The van der Waals surface area contributed by atoms with Crippen LogP contribution in [-0.2, 0) is 13.8 Å². The quantitative estimate of drug-likeness (QED) is 0.513. The summed E-state index contributed by atoms with van der Waals surface area (Å²) in [7, 11) is -3.17. The molecule has 1 saturated heterocycles. The van der Waals surface area contributed by atoms with Crippen LogP contribution in [0, 0.1) is 0 Å². The van der Waals surface area contributed by atoms with Gasteiger partial charge >= 0.3 is 7.82 Å². The third kappa shape index (κ3) is 4.40. The number of benzene rings is 1. The van der Waals surface area contributed by atoms with Crippen molar-refractivity contribution < 1.29 is 43.3 Å². The fourth-order valence-corrected chi connectivity index (χ4v) is 2.25. The molecule has 1 fully saturated rings. The van der Waals surface area contributed by atoms with Gasteiger partial charge in [0.25, 0.3) is 0 Å². The van der Waals surface area contributed by atoms with Gasteiger partial charge in [0.15, 0.2) is 0 Å². The minimum Gasteiger partial charge on any atom is -0.497 e. The Labute approximate surface area is 126 Å². The molecule has 0 saturated carbocycles. The van der Waals surface area contributed by atoms with Crippen molar-refractivity contribution in [1.82, 2.24) is 0 Å². The summed E-state index contributed by atoms with van der Waals surface area (Å²) in [6, 6.07) is 6.45. The minimum atomic E-state index is -4.69. The van der Waals surface area contributed by atoms with Gasteiger partial charge in [-0.1, -0.05) is 0 Å². The summed E-state index contributed by atoms with van der Waals surface area (Å²) in [4.78, 5) is 17.3. The van der Waals surface area contributed by atoms with Gasteiger partial charge in [-0.15, -0.1) is 0 Å². The topological polar surface area (TPSA) is 135 Å². The van der Waals surface area contributed by atoms with Gasteiger partial charge in [-0.3, -0.25) is 4.52 Å². The van der Waals surface area contributed by atoms with Crippen LogP contribution in [0.25, 0.3) is 0 Å². The highest BCUT2D eigenvalue weighted by atomic mass is 31.2. The summed E-state index contributed by atoms with van der Waals surface area (Å²) in [5.41, 5.74) is 0. The number of hydrogen-bond acceptors (Lipinski definition) is 7. The predicted octanol–water partition coefficient (Wildman–Crippen LogP) is -0.370. The normalized spacial score (nSPS) is 28.6. The van der Waals surface area contributed by atoms with Crippen LogP contribution in [0.3, 0.4) is 0 Å². The molecule has 10 heteroatoms. The van der Waals surface area contributed by atoms with Crippen LogP contribution in [0.15, 0.2) is 24.3 Å². The lowest BCUT2D eigenvalue weighted by Gasteiger charge is -2.17. The molecular weight excluding hydrogens is 319 g/mol. The Kier molecular flexibility index (Phi) is 5.41. The third-order valence-corrected chi connectivity index (χ3v) is 3.52. The highest BCUT2D eigenvalue weighted by Gasteiger charge is 2.45. The highest BCUT2D eigenvalue weighted by Crippen LogP contribution is 2.37. The molecule has 1 aromatic rings. The van der Waals surface area contributed by atoms with E-state index in [1.807, 2.05) is 0 Å². The average Bonchev–Trinajstić information content (AvgIpc) is 2.73. The molecule has 1 aromatic carbocycles. The first-order valence-corrected chi connectivity index (χ1v) is 7.85. The molecule has 0 radical (unpaired) electrons. The molecular formula is C12H17O9P. The fourth-order valence-electron chi connectivity index (χ4n) is 1.91. The summed E-state index contributed by atoms with van der Waals surface area (Å²) in [6.07, 6.45) is -5.08. The monoisotopic (exact) mass is 336 g/mol. The van der Waals surface area contributed by atoms with E-state index in [9.17, 15) is 14.8 Å². The summed E-state index contributed by atoms with van der Waals surface area (Å²) in [6.45, 7) is -0.578. The molecule has 0 spiro atoms. The Morgan fingerprint density at radius 1 is 1.14 bits per heavy atom. The molecule has 2 rings (SSSR count). The van der Waals surface area contributed by atoms with Crippen LogP contribution in [0.2, 0.25) is 0 Å². The Morgan fingerprint density at radius 3 is 2.27 bits per heavy atom. The van der Waals surface area contributed by atoms with Crippen molar-refractivity contribution in [1.29, 1.82) is 0 Å². The van der Waals surface area contributed by atoms with E-state index >= 15 is 0 Å². The lowest BCUT2D eigenvalue weighted by Crippen LogP contribution is -2.35. The van der Waals surface area contributed by atoms with Crippen molar-refractivity contribution >= 4 is 7.82 Å². The molecule has 0 bridgehead atoms. The molecule has 22 heavy (non-hydrogen) atoms. The van der Waals surface area contributed by atoms with Crippen molar-refractivity contribution in [3.63, 3.8) is 0 Å². The fraction of sp³-hybridized carbons (Fsp3) is 0.500. The average molecular weight is 336 g/mol. The van der Waals surface area contributed by atoms with Crippen LogP contribution in [0.1, 0.15) is 0 Å². The molecule has 4 atom stereocenters. The summed E-state index contributed by atoms with van der Waals surface area (Å²) >= 11 is 0. The zero-order valence-corrected chi connectivity index (χ0v) is 12.5. The Hall–Kier alpha value is -1.19. The van der Waals surface area contributed by atoms with E-state index in [-0.39, 0.29) is 0 Å². The molecule has 1 aliphatic rings. The maximum Gasteiger partial charge on any atom is 0.469 e. The van der Waals surface area contributed by atoms with E-state index in [1.54, 1.807) is 24.3 Å². The van der Waals surface area contributed by atoms with Crippen LogP contribution in [0.5, 0.6) is 11.5 Å². The van der Waals surface area contributed by atoms with Gasteiger partial charge < -0.3 is 34.2 Å². The largest absolute Gasteiger partial charge is 0.497 e. The molecule has 0 aromatic heterocycles. The molecule has 0 aliphatic carbocycles. The van der Waals surface area contributed by atoms with Crippen LogP contribution >= 0.6 is 7.82 Å². The van der Waals surface area contributed by atoms with Gasteiger partial charge in [-0.25, -0.2) is 4.57 Å². The number of methoxy groups -OCH3 is 1. The van der Waals surface area contributed by atoms with Gasteiger partial charge in [0.1, 0.15) is 29.8 Å². The zero-order valence-electron chi connectivity index (χ0n) is 11.6. The summed E-state index contributed by atoms with van der Waals surface area (Å²) in [5.74, 6) is 0.988. The van der Waals surface area contributed by atoms with Gasteiger partial charge in [-0.05, 0) is 24.3 Å². The first kappa shape index (κ1) is 17.2. The Balaban J connectivity index is 1.95. The van der Waals surface area contributed by atoms with Gasteiger partial charge in [-0.2, -0.15) is 0 Å². The van der Waals surface area contributed by atoms with Crippen LogP contribution < -0.4 is 9.47 Å². The first-order valence-electron chi connectivity index (χ1n) is 6.32. The molecule has 0 amide bonds. The molecule has 1 aliphatic heterocycles. The summed E-state index contributed by atoms with van der Waals surface area (Å²) in [5, 5.41) is 19.6. The number of phosphoric ester groups is 1. The van der Waals surface area contributed by atoms with E-state index in [4.69, 9.17) is 24.0 Å². The lowest BCUT2D eigenvalue weighted by atomic mass is 10.1. The highest BCUT2D eigenvalue weighted by molar-refractivity contribution is 7.46. The van der Waals surface area contributed by atoms with E-state index in [0.717, 1.165) is 0 Å². The van der Waals surface area contributed by atoms with Crippen molar-refractivity contribution in [3.05, 3.63) is 24.3 Å². The second kappa shape index (κ2) is 6.93. The number of hydrogen-bond donors (Lipinski definition) is 4. The van der Waals surface area contributed by atoms with Crippen molar-refractivity contribution in [2.75, 3.05) is 13.7 Å². The van der Waals surface area contributed by atoms with Crippen molar-refractivity contribution in [2.45, 2.75) is 24.6 Å². The van der Waals surface area contributed by atoms with Gasteiger partial charge in [0.05, 0.1) is 13.7 Å². The lowest BCUT2D eigenvalue weighted by molar-refractivity contribution is -0.115. The van der Waals surface area contributed by atoms with E-state index in [1.165, 1.54) is 7.11 Å². The van der Waals surface area contributed by atoms with Crippen molar-refractivity contribution in [3.8, 4) is 11.5 Å². The number of ether oxygens (including phenoxy) is 3. The standard InChI is InChI=1S/C12H17O9P/c1-18-7-2-4-8(5-3-7)20-12-11(14)10(13)9(21-12)6-19-22(15,16)17/h2-5,9-14H,6H2,1H3,(H2,15,16,17)/t9-,10-,11-,12-/m1/s1. The van der Waals surface area contributed by atoms with Gasteiger partial charge in [0, 0.05) is 0 Å². The zero-order chi connectivity index (χ0) is 16.3. The SMILES string of the molecule is COc1ccc(O[C@@H]2O[C@H](COP(=O)(O)O)[C@@H](O)[C@H]2O)cc1. The maximum absolute atomic E-state index is 10.6. The second-order valence-corrected chi connectivity index (χ2v) is 5.84. The minimum absolute atomic E-state index is 0.369. The summed E-state index contributed by atoms with van der Waals surface area (Å²) < 4.78 is 30.5. The number of phosphoric acid groups is 1. The van der Waals surface area contributed by atoms with E-state index < -0.39 is 39.0 Å². The smallest absolute Gasteiger partial charge is 0.469 e. The Bertz CT molecular complexity index is 528. The number of aliphatic hydroxyl groups is 2. The third-order valence-electron chi connectivity index (χ3n) is 3.04. The molecule has 4 N–H and O–H groups in total. The molecule has 0 unspecified atom stereocenters.